The second-order valence-electron chi connectivity index (χ2n) is 3.87. The SMILES string of the molecule is Cc1cc(-c2nc3nc(N)[nH]c(=O)c3[nH]2)c(N)s1. The average molecular weight is 262 g/mol. The number of fused-ring (bicyclic) bond motifs is 1. The van der Waals surface area contributed by atoms with Gasteiger partial charge in [0.1, 0.15) is 5.82 Å². The van der Waals surface area contributed by atoms with Gasteiger partial charge in [0.25, 0.3) is 5.56 Å². The molecule has 18 heavy (non-hydrogen) atoms. The van der Waals surface area contributed by atoms with Gasteiger partial charge in [0.15, 0.2) is 11.2 Å². The molecule has 92 valence electrons. The number of nitrogens with zero attached hydrogens (tertiary/aromatic N) is 2. The molecule has 0 radical (unpaired) electrons. The quantitative estimate of drug-likeness (QED) is 0.517. The number of rotatable bonds is 1. The van der Waals surface area contributed by atoms with Gasteiger partial charge in [-0.3, -0.25) is 9.78 Å². The molecule has 0 unspecified atom stereocenters. The summed E-state index contributed by atoms with van der Waals surface area (Å²) in [5, 5.41) is 0.649. The summed E-state index contributed by atoms with van der Waals surface area (Å²) in [5.74, 6) is 0.565. The Morgan fingerprint density at radius 2 is 2.06 bits per heavy atom. The number of aromatic nitrogens is 4. The third kappa shape index (κ3) is 1.54. The molecule has 7 nitrogen and oxygen atoms in total. The van der Waals surface area contributed by atoms with E-state index in [1.54, 1.807) is 0 Å². The summed E-state index contributed by atoms with van der Waals surface area (Å²) in [6.07, 6.45) is 0. The van der Waals surface area contributed by atoms with Crippen LogP contribution < -0.4 is 17.0 Å². The normalized spacial score (nSPS) is 11.2. The van der Waals surface area contributed by atoms with Gasteiger partial charge >= 0.3 is 0 Å². The van der Waals surface area contributed by atoms with E-state index in [9.17, 15) is 4.79 Å². The first-order chi connectivity index (χ1) is 8.54. The summed E-state index contributed by atoms with van der Waals surface area (Å²) in [6, 6.07) is 1.91. The Morgan fingerprint density at radius 1 is 1.28 bits per heavy atom. The van der Waals surface area contributed by atoms with E-state index in [0.29, 0.717) is 16.3 Å². The molecule has 8 heteroatoms. The van der Waals surface area contributed by atoms with Crippen LogP contribution >= 0.6 is 11.3 Å². The molecule has 0 saturated heterocycles. The molecule has 3 heterocycles. The minimum absolute atomic E-state index is 0.0417. The zero-order chi connectivity index (χ0) is 12.9. The minimum atomic E-state index is -0.346. The van der Waals surface area contributed by atoms with Gasteiger partial charge in [-0.1, -0.05) is 0 Å². The lowest BCUT2D eigenvalue weighted by molar-refractivity contribution is 1.17. The predicted octanol–water partition coefficient (Wildman–Crippen LogP) is 0.848. The maximum absolute atomic E-state index is 11.7. The standard InChI is InChI=1S/C10H10N6OS/c1-3-2-4(6(11)18-3)7-13-5-8(14-7)15-10(12)16-9(5)17/h2H,11H2,1H3,(H4,12,13,14,15,16,17). The second-order valence-corrected chi connectivity index (χ2v) is 5.16. The Morgan fingerprint density at radius 3 is 2.72 bits per heavy atom. The number of H-pyrrole nitrogens is 2. The fourth-order valence-corrected chi connectivity index (χ4v) is 2.56. The second kappa shape index (κ2) is 3.57. The Bertz CT molecular complexity index is 798. The molecule has 0 bridgehead atoms. The van der Waals surface area contributed by atoms with Crippen LogP contribution in [0.15, 0.2) is 10.9 Å². The first kappa shape index (κ1) is 10.8. The minimum Gasteiger partial charge on any atom is -0.390 e. The Hall–Kier alpha value is -2.35. The molecule has 0 fully saturated rings. The van der Waals surface area contributed by atoms with Crippen molar-refractivity contribution >= 4 is 33.5 Å². The third-order valence-corrected chi connectivity index (χ3v) is 3.40. The smallest absolute Gasteiger partial charge is 0.278 e. The van der Waals surface area contributed by atoms with E-state index in [2.05, 4.69) is 19.9 Å². The number of aromatic amines is 2. The van der Waals surface area contributed by atoms with Crippen LogP contribution in [-0.2, 0) is 0 Å². The Balaban J connectivity index is 2.29. The van der Waals surface area contributed by atoms with Crippen LogP contribution in [0.1, 0.15) is 4.88 Å². The van der Waals surface area contributed by atoms with E-state index < -0.39 is 0 Å². The fraction of sp³-hybridized carbons (Fsp3) is 0.100. The molecule has 3 rings (SSSR count). The number of hydrogen-bond acceptors (Lipinski definition) is 6. The molecule has 0 amide bonds. The van der Waals surface area contributed by atoms with E-state index in [1.165, 1.54) is 11.3 Å². The first-order valence-electron chi connectivity index (χ1n) is 5.16. The average Bonchev–Trinajstić information content (AvgIpc) is 2.81. The molecular formula is C10H10N6OS. The fourth-order valence-electron chi connectivity index (χ4n) is 1.77. The number of nitrogens with two attached hydrogens (primary N) is 2. The zero-order valence-electron chi connectivity index (χ0n) is 9.44. The summed E-state index contributed by atoms with van der Waals surface area (Å²) in [4.78, 5) is 26.3. The van der Waals surface area contributed by atoms with E-state index in [0.717, 1.165) is 10.4 Å². The summed E-state index contributed by atoms with van der Waals surface area (Å²) in [5.41, 5.74) is 12.4. The van der Waals surface area contributed by atoms with Crippen molar-refractivity contribution in [3.05, 3.63) is 21.3 Å². The summed E-state index contributed by atoms with van der Waals surface area (Å²) in [7, 11) is 0. The molecule has 3 aromatic heterocycles. The van der Waals surface area contributed by atoms with Crippen LogP contribution in [0.4, 0.5) is 10.9 Å². The van der Waals surface area contributed by atoms with Crippen LogP contribution in [0.5, 0.6) is 0 Å². The number of hydrogen-bond donors (Lipinski definition) is 4. The van der Waals surface area contributed by atoms with Crippen LogP contribution in [0.3, 0.4) is 0 Å². The van der Waals surface area contributed by atoms with Crippen molar-refractivity contribution in [2.24, 2.45) is 0 Å². The number of aryl methyl sites for hydroxylation is 1. The summed E-state index contributed by atoms with van der Waals surface area (Å²) < 4.78 is 0. The number of thiophene rings is 1. The van der Waals surface area contributed by atoms with Gasteiger partial charge < -0.3 is 16.5 Å². The molecule has 0 spiro atoms. The number of imidazole rings is 1. The molecule has 0 aliphatic carbocycles. The lowest BCUT2D eigenvalue weighted by Crippen LogP contribution is -2.10. The van der Waals surface area contributed by atoms with E-state index >= 15 is 0 Å². The van der Waals surface area contributed by atoms with Crippen LogP contribution in [0, 0.1) is 6.92 Å². The molecule has 0 saturated carbocycles. The van der Waals surface area contributed by atoms with Crippen molar-refractivity contribution in [2.45, 2.75) is 6.92 Å². The number of nitrogens with one attached hydrogen (secondary N) is 2. The van der Waals surface area contributed by atoms with Gasteiger partial charge in [-0.05, 0) is 13.0 Å². The van der Waals surface area contributed by atoms with Crippen LogP contribution in [0.25, 0.3) is 22.6 Å². The first-order valence-corrected chi connectivity index (χ1v) is 5.98. The van der Waals surface area contributed by atoms with Gasteiger partial charge in [-0.2, -0.15) is 4.98 Å². The zero-order valence-corrected chi connectivity index (χ0v) is 10.3. The van der Waals surface area contributed by atoms with Gasteiger partial charge in [-0.25, -0.2) is 4.98 Å². The van der Waals surface area contributed by atoms with Crippen LogP contribution in [0.2, 0.25) is 0 Å². The van der Waals surface area contributed by atoms with Crippen LogP contribution in [-0.4, -0.2) is 19.9 Å². The van der Waals surface area contributed by atoms with E-state index in [-0.39, 0.29) is 17.2 Å². The molecule has 0 atom stereocenters. The topological polar surface area (TPSA) is 126 Å². The lowest BCUT2D eigenvalue weighted by atomic mass is 10.3. The van der Waals surface area contributed by atoms with Crippen molar-refractivity contribution in [1.82, 2.24) is 19.9 Å². The van der Waals surface area contributed by atoms with E-state index in [4.69, 9.17) is 11.5 Å². The molecule has 6 N–H and O–H groups in total. The van der Waals surface area contributed by atoms with Crippen molar-refractivity contribution in [3.63, 3.8) is 0 Å². The molecule has 0 aliphatic rings. The van der Waals surface area contributed by atoms with Gasteiger partial charge in [0.2, 0.25) is 5.95 Å². The lowest BCUT2D eigenvalue weighted by Gasteiger charge is -1.91. The Labute approximate surface area is 105 Å². The Kier molecular flexibility index (Phi) is 2.14. The van der Waals surface area contributed by atoms with Gasteiger partial charge in [0, 0.05) is 4.88 Å². The van der Waals surface area contributed by atoms with Crippen molar-refractivity contribution in [2.75, 3.05) is 11.5 Å². The molecule has 0 aliphatic heterocycles. The highest BCUT2D eigenvalue weighted by Gasteiger charge is 2.13. The van der Waals surface area contributed by atoms with Gasteiger partial charge in [0.05, 0.1) is 10.6 Å². The monoisotopic (exact) mass is 262 g/mol. The molecular weight excluding hydrogens is 252 g/mol. The van der Waals surface area contributed by atoms with Crippen molar-refractivity contribution < 1.29 is 0 Å². The van der Waals surface area contributed by atoms with Crippen molar-refractivity contribution in [1.29, 1.82) is 0 Å². The third-order valence-electron chi connectivity index (χ3n) is 2.52. The largest absolute Gasteiger partial charge is 0.390 e. The highest BCUT2D eigenvalue weighted by Crippen LogP contribution is 2.32. The number of anilines is 2. The van der Waals surface area contributed by atoms with Gasteiger partial charge in [-0.15, -0.1) is 11.3 Å². The number of nitrogen functional groups attached to an aromatic ring is 2. The predicted molar refractivity (Wildman–Crippen MR) is 71.4 cm³/mol. The maximum atomic E-state index is 11.7. The van der Waals surface area contributed by atoms with Crippen molar-refractivity contribution in [3.8, 4) is 11.4 Å². The summed E-state index contributed by atoms with van der Waals surface area (Å²) in [6.45, 7) is 1.95. The highest BCUT2D eigenvalue weighted by atomic mass is 32.1. The molecule has 3 aromatic rings. The maximum Gasteiger partial charge on any atom is 0.278 e. The van der Waals surface area contributed by atoms with E-state index in [1.807, 2.05) is 13.0 Å². The molecule has 0 aromatic carbocycles. The highest BCUT2D eigenvalue weighted by molar-refractivity contribution is 7.16. The summed E-state index contributed by atoms with van der Waals surface area (Å²) >= 11 is 1.47.